The predicted octanol–water partition coefficient (Wildman–Crippen LogP) is 4.87. The molecule has 13 heavy (non-hydrogen) atoms. The molecule has 0 aliphatic carbocycles. The van der Waals surface area contributed by atoms with Crippen molar-refractivity contribution < 1.29 is 0 Å². The molecule has 0 N–H and O–H groups in total. The van der Waals surface area contributed by atoms with Gasteiger partial charge in [0.2, 0.25) is 0 Å². The van der Waals surface area contributed by atoms with Gasteiger partial charge in [0.05, 0.1) is 0 Å². The molecule has 0 unspecified atom stereocenters. The van der Waals surface area contributed by atoms with Crippen LogP contribution in [-0.4, -0.2) is 0 Å². The van der Waals surface area contributed by atoms with Crippen LogP contribution in [0.25, 0.3) is 0 Å². The molecule has 0 aliphatic rings. The summed E-state index contributed by atoms with van der Waals surface area (Å²) in [5.74, 6) is 0. The SMILES string of the molecule is C/C=C/C(=C\CCCC)CCCC. The summed E-state index contributed by atoms with van der Waals surface area (Å²) in [6.07, 6.45) is 14.5. The first-order valence-electron chi connectivity index (χ1n) is 5.66. The summed E-state index contributed by atoms with van der Waals surface area (Å²) in [5, 5.41) is 0. The normalized spacial score (nSPS) is 12.7. The van der Waals surface area contributed by atoms with E-state index in [1.807, 2.05) is 0 Å². The predicted molar refractivity (Wildman–Crippen MR) is 61.9 cm³/mol. The second-order valence-corrected chi connectivity index (χ2v) is 3.52. The lowest BCUT2D eigenvalue weighted by molar-refractivity contribution is 0.778. The van der Waals surface area contributed by atoms with Gasteiger partial charge in [-0.05, 0) is 26.2 Å². The number of rotatable bonds is 7. The number of hydrogen-bond acceptors (Lipinski definition) is 0. The van der Waals surface area contributed by atoms with E-state index in [9.17, 15) is 0 Å². The van der Waals surface area contributed by atoms with Crippen LogP contribution in [0.4, 0.5) is 0 Å². The number of allylic oxidation sites excluding steroid dienone is 4. The third-order valence-electron chi connectivity index (χ3n) is 2.16. The van der Waals surface area contributed by atoms with E-state index in [0.29, 0.717) is 0 Å². The third kappa shape index (κ3) is 7.83. The fraction of sp³-hybridized carbons (Fsp3) is 0.692. The van der Waals surface area contributed by atoms with E-state index < -0.39 is 0 Å². The van der Waals surface area contributed by atoms with Crippen molar-refractivity contribution in [1.29, 1.82) is 0 Å². The Morgan fingerprint density at radius 2 is 1.77 bits per heavy atom. The number of unbranched alkanes of at least 4 members (excludes halogenated alkanes) is 3. The van der Waals surface area contributed by atoms with Crippen LogP contribution in [-0.2, 0) is 0 Å². The van der Waals surface area contributed by atoms with E-state index in [4.69, 9.17) is 0 Å². The highest BCUT2D eigenvalue weighted by Crippen LogP contribution is 2.11. The highest BCUT2D eigenvalue weighted by atomic mass is 14.0. The van der Waals surface area contributed by atoms with Gasteiger partial charge in [0.15, 0.2) is 0 Å². The van der Waals surface area contributed by atoms with Gasteiger partial charge in [0.25, 0.3) is 0 Å². The summed E-state index contributed by atoms with van der Waals surface area (Å²) in [4.78, 5) is 0. The summed E-state index contributed by atoms with van der Waals surface area (Å²) in [6, 6.07) is 0. The molecule has 0 spiro atoms. The molecule has 0 saturated carbocycles. The van der Waals surface area contributed by atoms with Gasteiger partial charge >= 0.3 is 0 Å². The van der Waals surface area contributed by atoms with Gasteiger partial charge in [-0.2, -0.15) is 0 Å². The fourth-order valence-electron chi connectivity index (χ4n) is 1.34. The summed E-state index contributed by atoms with van der Waals surface area (Å²) in [7, 11) is 0. The molecule has 0 aromatic rings. The topological polar surface area (TPSA) is 0 Å². The minimum Gasteiger partial charge on any atom is -0.0874 e. The molecule has 0 aromatic carbocycles. The van der Waals surface area contributed by atoms with E-state index >= 15 is 0 Å². The maximum Gasteiger partial charge on any atom is -0.0282 e. The minimum atomic E-state index is 1.25. The highest BCUT2D eigenvalue weighted by molar-refractivity contribution is 5.17. The van der Waals surface area contributed by atoms with Crippen LogP contribution < -0.4 is 0 Å². The van der Waals surface area contributed by atoms with Gasteiger partial charge in [-0.15, -0.1) is 0 Å². The summed E-state index contributed by atoms with van der Waals surface area (Å²) in [6.45, 7) is 6.59. The highest BCUT2D eigenvalue weighted by Gasteiger charge is 1.91. The molecular weight excluding hydrogens is 156 g/mol. The molecule has 76 valence electrons. The van der Waals surface area contributed by atoms with E-state index in [2.05, 4.69) is 39.0 Å². The summed E-state index contributed by atoms with van der Waals surface area (Å²) < 4.78 is 0. The largest absolute Gasteiger partial charge is 0.0874 e. The summed E-state index contributed by atoms with van der Waals surface area (Å²) in [5.41, 5.74) is 1.53. The monoisotopic (exact) mass is 180 g/mol. The van der Waals surface area contributed by atoms with Crippen LogP contribution in [0.1, 0.15) is 59.3 Å². The second kappa shape index (κ2) is 9.57. The molecule has 0 fully saturated rings. The van der Waals surface area contributed by atoms with Crippen LogP contribution in [0.5, 0.6) is 0 Å². The zero-order valence-electron chi connectivity index (χ0n) is 9.47. The first-order chi connectivity index (χ1) is 6.35. The van der Waals surface area contributed by atoms with Gasteiger partial charge in [0.1, 0.15) is 0 Å². The van der Waals surface area contributed by atoms with E-state index in [1.165, 1.54) is 44.1 Å². The Kier molecular flexibility index (Phi) is 9.18. The molecular formula is C13H24. The Bertz CT molecular complexity index is 151. The van der Waals surface area contributed by atoms with Crippen molar-refractivity contribution in [3.8, 4) is 0 Å². The van der Waals surface area contributed by atoms with Gasteiger partial charge in [-0.3, -0.25) is 0 Å². The average Bonchev–Trinajstić information content (AvgIpc) is 2.14. The molecule has 0 aliphatic heterocycles. The molecule has 0 atom stereocenters. The first kappa shape index (κ1) is 12.5. The lowest BCUT2D eigenvalue weighted by Gasteiger charge is -2.00. The van der Waals surface area contributed by atoms with Crippen molar-refractivity contribution in [2.24, 2.45) is 0 Å². The van der Waals surface area contributed by atoms with Crippen LogP contribution in [0, 0.1) is 0 Å². The quantitative estimate of drug-likeness (QED) is 0.387. The van der Waals surface area contributed by atoms with Crippen molar-refractivity contribution >= 4 is 0 Å². The van der Waals surface area contributed by atoms with Crippen molar-refractivity contribution in [3.63, 3.8) is 0 Å². The number of hydrogen-bond donors (Lipinski definition) is 0. The van der Waals surface area contributed by atoms with Crippen molar-refractivity contribution in [2.45, 2.75) is 59.3 Å². The molecule has 0 saturated heterocycles. The molecule has 0 aromatic heterocycles. The lowest BCUT2D eigenvalue weighted by Crippen LogP contribution is -1.80. The smallest absolute Gasteiger partial charge is 0.0282 e. The van der Waals surface area contributed by atoms with Gasteiger partial charge in [-0.25, -0.2) is 0 Å². The fourth-order valence-corrected chi connectivity index (χ4v) is 1.34. The third-order valence-corrected chi connectivity index (χ3v) is 2.16. The molecule has 0 heterocycles. The van der Waals surface area contributed by atoms with E-state index in [-0.39, 0.29) is 0 Å². The first-order valence-corrected chi connectivity index (χ1v) is 5.66. The Balaban J connectivity index is 3.83. The van der Waals surface area contributed by atoms with Crippen LogP contribution >= 0.6 is 0 Å². The Morgan fingerprint density at radius 1 is 1.08 bits per heavy atom. The Labute approximate surface area is 83.7 Å². The standard InChI is InChI=1S/C13H24/c1-4-7-9-12-13(10-6-3)11-8-5-2/h6,10,12H,4-5,7-9,11H2,1-3H3/b10-6+,13-12+. The molecule has 0 amide bonds. The van der Waals surface area contributed by atoms with Crippen LogP contribution in [0.2, 0.25) is 0 Å². The molecule has 0 bridgehead atoms. The Morgan fingerprint density at radius 3 is 2.31 bits per heavy atom. The maximum absolute atomic E-state index is 2.40. The zero-order valence-corrected chi connectivity index (χ0v) is 9.47. The average molecular weight is 180 g/mol. The van der Waals surface area contributed by atoms with Crippen molar-refractivity contribution in [1.82, 2.24) is 0 Å². The lowest BCUT2D eigenvalue weighted by atomic mass is 10.1. The zero-order chi connectivity index (χ0) is 9.94. The van der Waals surface area contributed by atoms with Gasteiger partial charge < -0.3 is 0 Å². The van der Waals surface area contributed by atoms with E-state index in [0.717, 1.165) is 0 Å². The maximum atomic E-state index is 2.40. The molecule has 0 radical (unpaired) electrons. The molecule has 0 nitrogen and oxygen atoms in total. The van der Waals surface area contributed by atoms with Crippen LogP contribution in [0.3, 0.4) is 0 Å². The van der Waals surface area contributed by atoms with Gasteiger partial charge in [-0.1, -0.05) is 56.9 Å². The van der Waals surface area contributed by atoms with Crippen molar-refractivity contribution in [3.05, 3.63) is 23.8 Å². The molecule has 0 heteroatoms. The Hall–Kier alpha value is -0.520. The van der Waals surface area contributed by atoms with Crippen LogP contribution in [0.15, 0.2) is 23.8 Å². The van der Waals surface area contributed by atoms with E-state index in [1.54, 1.807) is 0 Å². The van der Waals surface area contributed by atoms with Crippen molar-refractivity contribution in [2.75, 3.05) is 0 Å². The minimum absolute atomic E-state index is 1.25. The van der Waals surface area contributed by atoms with Gasteiger partial charge in [0, 0.05) is 0 Å². The second-order valence-electron chi connectivity index (χ2n) is 3.52. The molecule has 0 rings (SSSR count). The summed E-state index contributed by atoms with van der Waals surface area (Å²) >= 11 is 0.